The Morgan fingerprint density at radius 1 is 1.50 bits per heavy atom. The van der Waals surface area contributed by atoms with Gasteiger partial charge in [-0.05, 0) is 25.0 Å². The minimum absolute atomic E-state index is 0.0613. The normalized spacial score (nSPS) is 17.8. The van der Waals surface area contributed by atoms with Crippen LogP contribution in [0.15, 0.2) is 35.3 Å². The summed E-state index contributed by atoms with van der Waals surface area (Å²) in [6.07, 6.45) is 1.42. The van der Waals surface area contributed by atoms with Crippen LogP contribution in [0.2, 0.25) is 0 Å². The Morgan fingerprint density at radius 3 is 3.05 bits per heavy atom. The molecular weight excluding hydrogens is 346 g/mol. The SMILES string of the molecule is C=C(Br)Cn1c(CNC(=O)C2CCCO2)nc2ccccc21. The zero-order chi connectivity index (χ0) is 15.5. The summed E-state index contributed by atoms with van der Waals surface area (Å²) in [5, 5.41) is 2.92. The fourth-order valence-corrected chi connectivity index (χ4v) is 2.92. The van der Waals surface area contributed by atoms with Gasteiger partial charge in [0.2, 0.25) is 5.91 Å². The molecule has 1 aliphatic rings. The molecule has 1 aliphatic heterocycles. The molecule has 2 heterocycles. The molecule has 1 aromatic carbocycles. The average Bonchev–Trinajstić information content (AvgIpc) is 3.13. The molecule has 2 aromatic rings. The van der Waals surface area contributed by atoms with Crippen LogP contribution in [0.5, 0.6) is 0 Å². The van der Waals surface area contributed by atoms with Gasteiger partial charge in [0.25, 0.3) is 0 Å². The number of hydrogen-bond acceptors (Lipinski definition) is 3. The predicted octanol–water partition coefficient (Wildman–Crippen LogP) is 2.74. The standard InChI is InChI=1S/C16H18BrN3O2/c1-11(17)10-20-13-6-3-2-5-12(13)19-15(20)9-18-16(21)14-7-4-8-22-14/h2-3,5-6,14H,1,4,7-10H2,(H,18,21). The molecule has 1 fully saturated rings. The molecule has 1 unspecified atom stereocenters. The van der Waals surface area contributed by atoms with E-state index in [0.29, 0.717) is 19.7 Å². The Labute approximate surface area is 137 Å². The van der Waals surface area contributed by atoms with Crippen molar-refractivity contribution in [1.29, 1.82) is 0 Å². The van der Waals surface area contributed by atoms with Crippen LogP contribution < -0.4 is 5.32 Å². The summed E-state index contributed by atoms with van der Waals surface area (Å²) in [5.41, 5.74) is 1.95. The van der Waals surface area contributed by atoms with Gasteiger partial charge in [-0.1, -0.05) is 34.6 Å². The maximum absolute atomic E-state index is 12.1. The molecule has 22 heavy (non-hydrogen) atoms. The molecule has 1 N–H and O–H groups in total. The van der Waals surface area contributed by atoms with E-state index in [1.54, 1.807) is 0 Å². The van der Waals surface area contributed by atoms with E-state index in [9.17, 15) is 4.79 Å². The molecule has 0 saturated carbocycles. The zero-order valence-electron chi connectivity index (χ0n) is 12.2. The molecule has 5 nitrogen and oxygen atoms in total. The van der Waals surface area contributed by atoms with Crippen molar-refractivity contribution in [2.45, 2.75) is 32.0 Å². The summed E-state index contributed by atoms with van der Waals surface area (Å²) < 4.78 is 8.32. The molecule has 1 amide bonds. The Kier molecular flexibility index (Phi) is 4.59. The van der Waals surface area contributed by atoms with E-state index in [1.807, 2.05) is 24.3 Å². The van der Waals surface area contributed by atoms with Crippen LogP contribution >= 0.6 is 15.9 Å². The van der Waals surface area contributed by atoms with Crippen LogP contribution in [-0.4, -0.2) is 28.2 Å². The van der Waals surface area contributed by atoms with E-state index >= 15 is 0 Å². The molecule has 1 atom stereocenters. The second kappa shape index (κ2) is 6.62. The second-order valence-corrected chi connectivity index (χ2v) is 6.46. The number of nitrogens with one attached hydrogen (secondary N) is 1. The largest absolute Gasteiger partial charge is 0.368 e. The average molecular weight is 364 g/mol. The van der Waals surface area contributed by atoms with Crippen molar-refractivity contribution in [2.24, 2.45) is 0 Å². The number of allylic oxidation sites excluding steroid dienone is 1. The molecule has 3 rings (SSSR count). The lowest BCUT2D eigenvalue weighted by Gasteiger charge is -2.12. The van der Waals surface area contributed by atoms with Gasteiger partial charge in [0.1, 0.15) is 11.9 Å². The van der Waals surface area contributed by atoms with E-state index in [4.69, 9.17) is 4.74 Å². The fraction of sp³-hybridized carbons (Fsp3) is 0.375. The zero-order valence-corrected chi connectivity index (χ0v) is 13.8. The van der Waals surface area contributed by atoms with Crippen molar-refractivity contribution in [2.75, 3.05) is 6.61 Å². The summed E-state index contributed by atoms with van der Waals surface area (Å²) in [6.45, 7) is 5.56. The first-order valence-corrected chi connectivity index (χ1v) is 8.11. The highest BCUT2D eigenvalue weighted by Gasteiger charge is 2.23. The number of ether oxygens (including phenoxy) is 1. The smallest absolute Gasteiger partial charge is 0.249 e. The highest BCUT2D eigenvalue weighted by atomic mass is 79.9. The minimum atomic E-state index is -0.316. The molecular formula is C16H18BrN3O2. The van der Waals surface area contributed by atoms with E-state index in [0.717, 1.165) is 34.2 Å². The second-order valence-electron chi connectivity index (χ2n) is 5.34. The van der Waals surface area contributed by atoms with Gasteiger partial charge in [0, 0.05) is 11.1 Å². The number of benzene rings is 1. The Balaban J connectivity index is 1.79. The number of amides is 1. The summed E-state index contributed by atoms with van der Waals surface area (Å²) in [7, 11) is 0. The molecule has 0 spiro atoms. The number of nitrogens with zero attached hydrogens (tertiary/aromatic N) is 2. The number of carbonyl (C=O) groups excluding carboxylic acids is 1. The highest BCUT2D eigenvalue weighted by molar-refractivity contribution is 9.11. The van der Waals surface area contributed by atoms with Gasteiger partial charge >= 0.3 is 0 Å². The van der Waals surface area contributed by atoms with Gasteiger partial charge in [-0.25, -0.2) is 4.98 Å². The van der Waals surface area contributed by atoms with Crippen LogP contribution in [-0.2, 0) is 22.6 Å². The Hall–Kier alpha value is -1.66. The topological polar surface area (TPSA) is 56.2 Å². The number of rotatable bonds is 5. The highest BCUT2D eigenvalue weighted by Crippen LogP contribution is 2.19. The first-order chi connectivity index (χ1) is 10.6. The number of hydrogen-bond donors (Lipinski definition) is 1. The van der Waals surface area contributed by atoms with Crippen LogP contribution in [0.3, 0.4) is 0 Å². The number of imidazole rings is 1. The Morgan fingerprint density at radius 2 is 2.32 bits per heavy atom. The number of para-hydroxylation sites is 2. The lowest BCUT2D eigenvalue weighted by Crippen LogP contribution is -2.34. The van der Waals surface area contributed by atoms with E-state index < -0.39 is 0 Å². The van der Waals surface area contributed by atoms with Crippen molar-refractivity contribution in [3.8, 4) is 0 Å². The first kappa shape index (κ1) is 15.2. The number of halogens is 1. The van der Waals surface area contributed by atoms with Gasteiger partial charge in [-0.15, -0.1) is 0 Å². The van der Waals surface area contributed by atoms with Crippen LogP contribution in [0.4, 0.5) is 0 Å². The van der Waals surface area contributed by atoms with Crippen molar-refractivity contribution >= 4 is 32.9 Å². The van der Waals surface area contributed by atoms with E-state index in [1.165, 1.54) is 0 Å². The van der Waals surface area contributed by atoms with Gasteiger partial charge < -0.3 is 14.6 Å². The van der Waals surface area contributed by atoms with Gasteiger partial charge in [-0.2, -0.15) is 0 Å². The lowest BCUT2D eigenvalue weighted by molar-refractivity contribution is -0.130. The summed E-state index contributed by atoms with van der Waals surface area (Å²) in [4.78, 5) is 16.7. The van der Waals surface area contributed by atoms with Crippen LogP contribution in [0.1, 0.15) is 18.7 Å². The third kappa shape index (κ3) is 3.23. The lowest BCUT2D eigenvalue weighted by atomic mass is 10.2. The molecule has 0 radical (unpaired) electrons. The molecule has 0 bridgehead atoms. The molecule has 116 valence electrons. The van der Waals surface area contributed by atoms with Crippen molar-refractivity contribution in [1.82, 2.24) is 14.9 Å². The van der Waals surface area contributed by atoms with E-state index in [-0.39, 0.29) is 12.0 Å². The predicted molar refractivity (Wildman–Crippen MR) is 88.6 cm³/mol. The van der Waals surface area contributed by atoms with E-state index in [2.05, 4.69) is 37.4 Å². The van der Waals surface area contributed by atoms with Crippen LogP contribution in [0, 0.1) is 0 Å². The Bertz CT molecular complexity index is 704. The number of aromatic nitrogens is 2. The monoisotopic (exact) mass is 363 g/mol. The van der Waals surface area contributed by atoms with Crippen molar-refractivity contribution in [3.05, 3.63) is 41.2 Å². The van der Waals surface area contributed by atoms with Crippen molar-refractivity contribution in [3.63, 3.8) is 0 Å². The molecule has 1 saturated heterocycles. The number of carbonyl (C=O) groups is 1. The van der Waals surface area contributed by atoms with Crippen LogP contribution in [0.25, 0.3) is 11.0 Å². The molecule has 6 heteroatoms. The van der Waals surface area contributed by atoms with Gasteiger partial charge in [-0.3, -0.25) is 4.79 Å². The minimum Gasteiger partial charge on any atom is -0.368 e. The first-order valence-electron chi connectivity index (χ1n) is 7.32. The fourth-order valence-electron chi connectivity index (χ4n) is 2.67. The maximum atomic E-state index is 12.1. The summed E-state index contributed by atoms with van der Waals surface area (Å²) in [5.74, 6) is 0.752. The summed E-state index contributed by atoms with van der Waals surface area (Å²) >= 11 is 3.40. The number of fused-ring (bicyclic) bond motifs is 1. The van der Waals surface area contributed by atoms with Crippen molar-refractivity contribution < 1.29 is 9.53 Å². The van der Waals surface area contributed by atoms with Gasteiger partial charge in [0.05, 0.1) is 24.1 Å². The molecule has 0 aliphatic carbocycles. The third-order valence-corrected chi connectivity index (χ3v) is 3.96. The third-order valence-electron chi connectivity index (χ3n) is 3.71. The molecule has 1 aromatic heterocycles. The van der Waals surface area contributed by atoms with Gasteiger partial charge in [0.15, 0.2) is 0 Å². The quantitative estimate of drug-likeness (QED) is 0.888. The summed E-state index contributed by atoms with van der Waals surface area (Å²) in [6, 6.07) is 7.92. The maximum Gasteiger partial charge on any atom is 0.249 e.